The Morgan fingerprint density at radius 2 is 1.89 bits per heavy atom. The molecule has 0 aliphatic heterocycles. The molecule has 0 saturated carbocycles. The molecule has 3 aromatic rings. The SMILES string of the molecule is COc1ccc2c(c1)CCCC2CC(O)(CNc1cccc2[nH]c(=O)ccc12)C(F)(F)C(F)(F)F. The summed E-state index contributed by atoms with van der Waals surface area (Å²) in [6.45, 7) is -1.06. The first kappa shape index (κ1) is 25.0. The Hall–Kier alpha value is -3.14. The molecule has 4 rings (SSSR count). The summed E-state index contributed by atoms with van der Waals surface area (Å²) in [7, 11) is 1.49. The van der Waals surface area contributed by atoms with Gasteiger partial charge in [-0.05, 0) is 73.1 Å². The average Bonchev–Trinajstić information content (AvgIpc) is 2.81. The number of aryl methyl sites for hydroxylation is 1. The zero-order valence-corrected chi connectivity index (χ0v) is 18.9. The summed E-state index contributed by atoms with van der Waals surface area (Å²) < 4.78 is 75.3. The van der Waals surface area contributed by atoms with Crippen molar-refractivity contribution in [3.8, 4) is 5.75 Å². The van der Waals surface area contributed by atoms with E-state index >= 15 is 0 Å². The predicted octanol–water partition coefficient (Wildman–Crippen LogP) is 5.39. The number of methoxy groups -OCH3 is 1. The molecule has 188 valence electrons. The van der Waals surface area contributed by atoms with Gasteiger partial charge in [0.25, 0.3) is 0 Å². The Morgan fingerprint density at radius 3 is 2.60 bits per heavy atom. The third kappa shape index (κ3) is 4.71. The van der Waals surface area contributed by atoms with Gasteiger partial charge in [-0.3, -0.25) is 4.79 Å². The van der Waals surface area contributed by atoms with Crippen LogP contribution in [-0.2, 0) is 6.42 Å². The topological polar surface area (TPSA) is 74.3 Å². The van der Waals surface area contributed by atoms with Gasteiger partial charge in [0.1, 0.15) is 5.75 Å². The van der Waals surface area contributed by atoms with Crippen molar-refractivity contribution in [3.05, 3.63) is 70.0 Å². The fourth-order valence-corrected chi connectivity index (χ4v) is 4.80. The lowest BCUT2D eigenvalue weighted by Crippen LogP contribution is -2.61. The maximum absolute atomic E-state index is 14.8. The number of alkyl halides is 5. The van der Waals surface area contributed by atoms with Crippen LogP contribution in [0.3, 0.4) is 0 Å². The molecule has 3 N–H and O–H groups in total. The minimum absolute atomic E-state index is 0.212. The lowest BCUT2D eigenvalue weighted by atomic mass is 9.74. The predicted molar refractivity (Wildman–Crippen MR) is 122 cm³/mol. The van der Waals surface area contributed by atoms with E-state index in [0.717, 1.165) is 5.56 Å². The maximum atomic E-state index is 14.8. The van der Waals surface area contributed by atoms with Crippen LogP contribution in [0, 0.1) is 0 Å². The van der Waals surface area contributed by atoms with Gasteiger partial charge in [0, 0.05) is 23.7 Å². The van der Waals surface area contributed by atoms with Gasteiger partial charge in [-0.2, -0.15) is 22.0 Å². The number of hydrogen-bond donors (Lipinski definition) is 3. The van der Waals surface area contributed by atoms with Gasteiger partial charge in [-0.25, -0.2) is 0 Å². The first-order chi connectivity index (χ1) is 16.4. The van der Waals surface area contributed by atoms with Crippen molar-refractivity contribution in [2.45, 2.75) is 49.3 Å². The number of fused-ring (bicyclic) bond motifs is 2. The molecule has 1 heterocycles. The molecule has 0 bridgehead atoms. The van der Waals surface area contributed by atoms with E-state index in [1.807, 2.05) is 0 Å². The lowest BCUT2D eigenvalue weighted by Gasteiger charge is -2.40. The zero-order valence-electron chi connectivity index (χ0n) is 18.9. The molecular weight excluding hydrogens is 471 g/mol. The Kier molecular flexibility index (Phi) is 6.52. The number of H-pyrrole nitrogens is 1. The largest absolute Gasteiger partial charge is 0.497 e. The molecule has 1 aliphatic carbocycles. The van der Waals surface area contributed by atoms with Crippen molar-refractivity contribution in [2.24, 2.45) is 0 Å². The number of nitrogens with one attached hydrogen (secondary N) is 2. The molecule has 35 heavy (non-hydrogen) atoms. The van der Waals surface area contributed by atoms with Crippen LogP contribution in [-0.4, -0.2) is 41.4 Å². The van der Waals surface area contributed by atoms with E-state index in [4.69, 9.17) is 4.74 Å². The number of pyridine rings is 1. The first-order valence-electron chi connectivity index (χ1n) is 11.1. The molecule has 1 aliphatic rings. The molecule has 0 radical (unpaired) electrons. The summed E-state index contributed by atoms with van der Waals surface area (Å²) in [6.07, 6.45) is -5.16. The Bertz CT molecular complexity index is 1270. The first-order valence-corrected chi connectivity index (χ1v) is 11.1. The van der Waals surface area contributed by atoms with E-state index in [-0.39, 0.29) is 11.2 Å². The summed E-state index contributed by atoms with van der Waals surface area (Å²) in [6, 6.07) is 12.3. The maximum Gasteiger partial charge on any atom is 0.456 e. The minimum atomic E-state index is -5.95. The highest BCUT2D eigenvalue weighted by atomic mass is 19.4. The summed E-state index contributed by atoms with van der Waals surface area (Å²) in [4.78, 5) is 14.1. The van der Waals surface area contributed by atoms with Crippen molar-refractivity contribution in [2.75, 3.05) is 19.0 Å². The third-order valence-electron chi connectivity index (χ3n) is 6.65. The Balaban J connectivity index is 1.69. The molecule has 0 spiro atoms. The van der Waals surface area contributed by atoms with E-state index in [9.17, 15) is 31.9 Å². The number of aliphatic hydroxyl groups is 1. The van der Waals surface area contributed by atoms with Gasteiger partial charge in [-0.1, -0.05) is 12.1 Å². The summed E-state index contributed by atoms with van der Waals surface area (Å²) in [5.74, 6) is -5.51. The lowest BCUT2D eigenvalue weighted by molar-refractivity contribution is -0.340. The second-order valence-electron chi connectivity index (χ2n) is 8.90. The van der Waals surface area contributed by atoms with Crippen LogP contribution in [0.15, 0.2) is 53.3 Å². The Labute approximate surface area is 197 Å². The average molecular weight is 496 g/mol. The molecule has 1 aromatic heterocycles. The van der Waals surface area contributed by atoms with Crippen LogP contribution in [0.4, 0.5) is 27.6 Å². The number of rotatable bonds is 7. The van der Waals surface area contributed by atoms with Gasteiger partial charge in [0.15, 0.2) is 5.60 Å². The van der Waals surface area contributed by atoms with Crippen molar-refractivity contribution in [3.63, 3.8) is 0 Å². The monoisotopic (exact) mass is 496 g/mol. The molecule has 0 fully saturated rings. The number of benzene rings is 2. The number of aromatic nitrogens is 1. The minimum Gasteiger partial charge on any atom is -0.497 e. The van der Waals surface area contributed by atoms with Crippen molar-refractivity contribution < 1.29 is 31.8 Å². The summed E-state index contributed by atoms with van der Waals surface area (Å²) in [5, 5.41) is 14.0. The number of aromatic amines is 1. The van der Waals surface area contributed by atoms with Crippen molar-refractivity contribution in [1.29, 1.82) is 0 Å². The van der Waals surface area contributed by atoms with E-state index < -0.39 is 36.6 Å². The van der Waals surface area contributed by atoms with Crippen LogP contribution < -0.4 is 15.6 Å². The highest BCUT2D eigenvalue weighted by Crippen LogP contribution is 2.49. The highest BCUT2D eigenvalue weighted by Gasteiger charge is 2.70. The fourth-order valence-electron chi connectivity index (χ4n) is 4.80. The number of halogens is 5. The second kappa shape index (κ2) is 9.14. The van der Waals surface area contributed by atoms with Crippen LogP contribution in [0.2, 0.25) is 0 Å². The highest BCUT2D eigenvalue weighted by molar-refractivity contribution is 5.91. The standard InChI is InChI=1S/C25H25F5N2O3/c1-35-17-8-9-18-15(12-17)4-2-5-16(18)13-23(34,24(26,27)25(28,29)30)14-31-20-6-3-7-21-19(20)10-11-22(33)32-21/h3,6-12,16,31,34H,2,4-5,13-14H2,1H3,(H,32,33). The Morgan fingerprint density at radius 1 is 1.11 bits per heavy atom. The van der Waals surface area contributed by atoms with Gasteiger partial charge in [-0.15, -0.1) is 0 Å². The molecule has 5 nitrogen and oxygen atoms in total. The molecule has 10 heteroatoms. The van der Waals surface area contributed by atoms with Gasteiger partial charge < -0.3 is 20.1 Å². The molecule has 2 unspecified atom stereocenters. The normalized spacial score (nSPS) is 18.1. The smallest absolute Gasteiger partial charge is 0.456 e. The number of anilines is 1. The fraction of sp³-hybridized carbons (Fsp3) is 0.400. The van der Waals surface area contributed by atoms with Crippen LogP contribution in [0.5, 0.6) is 5.75 Å². The quantitative estimate of drug-likeness (QED) is 0.384. The van der Waals surface area contributed by atoms with Gasteiger partial charge in [0.2, 0.25) is 5.56 Å². The van der Waals surface area contributed by atoms with Crippen LogP contribution in [0.1, 0.15) is 36.3 Å². The van der Waals surface area contributed by atoms with Crippen molar-refractivity contribution >= 4 is 16.6 Å². The van der Waals surface area contributed by atoms with E-state index in [1.165, 1.54) is 31.4 Å². The van der Waals surface area contributed by atoms with E-state index in [1.54, 1.807) is 24.3 Å². The third-order valence-corrected chi connectivity index (χ3v) is 6.65. The molecule has 0 saturated heterocycles. The van der Waals surface area contributed by atoms with Gasteiger partial charge >= 0.3 is 12.1 Å². The molecule has 2 aromatic carbocycles. The van der Waals surface area contributed by atoms with E-state index in [2.05, 4.69) is 10.3 Å². The molecular formula is C25H25F5N2O3. The van der Waals surface area contributed by atoms with Crippen LogP contribution in [0.25, 0.3) is 10.9 Å². The molecule has 2 atom stereocenters. The zero-order chi connectivity index (χ0) is 25.4. The second-order valence-corrected chi connectivity index (χ2v) is 8.90. The number of ether oxygens (including phenoxy) is 1. The van der Waals surface area contributed by atoms with Crippen LogP contribution >= 0.6 is 0 Å². The molecule has 0 amide bonds. The van der Waals surface area contributed by atoms with E-state index in [0.29, 0.717) is 41.5 Å². The van der Waals surface area contributed by atoms with Gasteiger partial charge in [0.05, 0.1) is 12.6 Å². The van der Waals surface area contributed by atoms with Crippen molar-refractivity contribution in [1.82, 2.24) is 4.98 Å². The number of hydrogen-bond acceptors (Lipinski definition) is 4. The summed E-state index contributed by atoms with van der Waals surface area (Å²) >= 11 is 0. The summed E-state index contributed by atoms with van der Waals surface area (Å²) in [5.41, 5.74) is -1.79.